The van der Waals surface area contributed by atoms with E-state index in [4.69, 9.17) is 5.11 Å². The Labute approximate surface area is 124 Å². The molecular weight excluding hydrogens is 266 g/mol. The van der Waals surface area contributed by atoms with Crippen LogP contribution in [0.5, 0.6) is 0 Å². The number of aliphatic carboxylic acids is 1. The first-order valence-corrected chi connectivity index (χ1v) is 7.73. The predicted octanol–water partition coefficient (Wildman–Crippen LogP) is 2.75. The highest BCUT2D eigenvalue weighted by Gasteiger charge is 2.38. The molecule has 3 atom stereocenters. The molecule has 4 nitrogen and oxygen atoms in total. The number of hydrogen-bond donors (Lipinski definition) is 2. The first-order valence-electron chi connectivity index (χ1n) is 7.73. The molecule has 2 fully saturated rings. The molecule has 21 heavy (non-hydrogen) atoms. The van der Waals surface area contributed by atoms with E-state index in [1.807, 2.05) is 18.2 Å². The summed E-state index contributed by atoms with van der Waals surface area (Å²) >= 11 is 0. The first kappa shape index (κ1) is 14.1. The minimum atomic E-state index is -0.771. The van der Waals surface area contributed by atoms with Crippen LogP contribution in [0.25, 0.3) is 0 Å². The average Bonchev–Trinajstić information content (AvgIpc) is 3.20. The van der Waals surface area contributed by atoms with Crippen molar-refractivity contribution in [2.45, 2.75) is 38.1 Å². The van der Waals surface area contributed by atoms with Gasteiger partial charge in [-0.15, -0.1) is 0 Å². The van der Waals surface area contributed by atoms with Gasteiger partial charge in [-0.05, 0) is 43.6 Å². The second-order valence-electron chi connectivity index (χ2n) is 6.28. The topological polar surface area (TPSA) is 66.4 Å². The Balaban J connectivity index is 1.64. The molecule has 112 valence electrons. The smallest absolute Gasteiger partial charge is 0.306 e. The van der Waals surface area contributed by atoms with Gasteiger partial charge < -0.3 is 10.4 Å². The van der Waals surface area contributed by atoms with E-state index in [-0.39, 0.29) is 23.8 Å². The summed E-state index contributed by atoms with van der Waals surface area (Å²) in [5.41, 5.74) is 1.15. The van der Waals surface area contributed by atoms with E-state index in [1.165, 1.54) is 0 Å². The zero-order valence-electron chi connectivity index (χ0n) is 12.0. The lowest BCUT2D eigenvalue weighted by Gasteiger charge is -2.21. The summed E-state index contributed by atoms with van der Waals surface area (Å²) in [6.45, 7) is 0. The molecule has 1 aromatic carbocycles. The van der Waals surface area contributed by atoms with Crippen LogP contribution in [0.2, 0.25) is 0 Å². The summed E-state index contributed by atoms with van der Waals surface area (Å²) in [5.74, 6) is -0.701. The molecule has 2 aliphatic carbocycles. The molecule has 1 aromatic rings. The molecule has 4 heteroatoms. The van der Waals surface area contributed by atoms with Gasteiger partial charge in [-0.2, -0.15) is 0 Å². The number of rotatable bonds is 5. The first-order chi connectivity index (χ1) is 10.1. The number of nitrogens with one attached hydrogen (secondary N) is 1. The maximum Gasteiger partial charge on any atom is 0.306 e. The summed E-state index contributed by atoms with van der Waals surface area (Å²) in [4.78, 5) is 23.4. The average molecular weight is 287 g/mol. The maximum absolute atomic E-state index is 12.4. The fourth-order valence-electron chi connectivity index (χ4n) is 3.28. The van der Waals surface area contributed by atoms with Crippen LogP contribution < -0.4 is 5.32 Å². The van der Waals surface area contributed by atoms with Crippen molar-refractivity contribution in [2.75, 3.05) is 0 Å². The molecule has 0 aromatic heterocycles. The van der Waals surface area contributed by atoms with Gasteiger partial charge in [0.2, 0.25) is 5.91 Å². The molecule has 2 N–H and O–H groups in total. The van der Waals surface area contributed by atoms with Gasteiger partial charge in [0.25, 0.3) is 0 Å². The second-order valence-corrected chi connectivity index (χ2v) is 6.28. The fourth-order valence-corrected chi connectivity index (χ4v) is 3.28. The van der Waals surface area contributed by atoms with Gasteiger partial charge in [0, 0.05) is 5.92 Å². The van der Waals surface area contributed by atoms with Crippen LogP contribution in [0.4, 0.5) is 0 Å². The van der Waals surface area contributed by atoms with Gasteiger partial charge >= 0.3 is 5.97 Å². The molecular formula is C17H21NO3. The van der Waals surface area contributed by atoms with Crippen LogP contribution in [0.1, 0.15) is 43.7 Å². The van der Waals surface area contributed by atoms with Gasteiger partial charge in [-0.25, -0.2) is 0 Å². The van der Waals surface area contributed by atoms with E-state index in [0.717, 1.165) is 18.4 Å². The fraction of sp³-hybridized carbons (Fsp3) is 0.529. The normalized spacial score (nSPS) is 26.3. The molecule has 0 radical (unpaired) electrons. The number of hydrogen-bond acceptors (Lipinski definition) is 2. The SMILES string of the molecule is O=C(O)C1CCC(C(=O)NC(c2ccccc2)C2CC2)C1. The Morgan fingerprint density at radius 2 is 1.71 bits per heavy atom. The molecule has 0 heterocycles. The third kappa shape index (κ3) is 3.26. The highest BCUT2D eigenvalue weighted by Crippen LogP contribution is 2.41. The molecule has 3 rings (SSSR count). The van der Waals surface area contributed by atoms with Crippen LogP contribution in [0, 0.1) is 17.8 Å². The Bertz CT molecular complexity index is 524. The van der Waals surface area contributed by atoms with Crippen molar-refractivity contribution in [2.24, 2.45) is 17.8 Å². The van der Waals surface area contributed by atoms with Crippen molar-refractivity contribution in [3.05, 3.63) is 35.9 Å². The molecule has 2 aliphatic rings. The van der Waals surface area contributed by atoms with Crippen LogP contribution in [0.15, 0.2) is 30.3 Å². The minimum Gasteiger partial charge on any atom is -0.481 e. The monoisotopic (exact) mass is 287 g/mol. The molecule has 0 aliphatic heterocycles. The Morgan fingerprint density at radius 3 is 2.29 bits per heavy atom. The predicted molar refractivity (Wildman–Crippen MR) is 78.5 cm³/mol. The number of carbonyl (C=O) groups is 2. The third-order valence-corrected chi connectivity index (χ3v) is 4.70. The van der Waals surface area contributed by atoms with E-state index in [9.17, 15) is 9.59 Å². The minimum absolute atomic E-state index is 0.0273. The van der Waals surface area contributed by atoms with Gasteiger partial charge in [-0.1, -0.05) is 30.3 Å². The van der Waals surface area contributed by atoms with Crippen molar-refractivity contribution >= 4 is 11.9 Å². The van der Waals surface area contributed by atoms with Gasteiger partial charge in [0.15, 0.2) is 0 Å². The van der Waals surface area contributed by atoms with Crippen LogP contribution in [0.3, 0.4) is 0 Å². The van der Waals surface area contributed by atoms with Crippen molar-refractivity contribution < 1.29 is 14.7 Å². The number of carboxylic acids is 1. The van der Waals surface area contributed by atoms with Crippen LogP contribution in [-0.4, -0.2) is 17.0 Å². The largest absolute Gasteiger partial charge is 0.481 e. The summed E-state index contributed by atoms with van der Waals surface area (Å²) in [5, 5.41) is 12.2. The number of amides is 1. The number of benzene rings is 1. The Hall–Kier alpha value is -1.84. The van der Waals surface area contributed by atoms with Crippen molar-refractivity contribution in [3.63, 3.8) is 0 Å². The maximum atomic E-state index is 12.4. The zero-order valence-corrected chi connectivity index (χ0v) is 12.0. The summed E-state index contributed by atoms with van der Waals surface area (Å²) in [7, 11) is 0. The Morgan fingerprint density at radius 1 is 1.05 bits per heavy atom. The highest BCUT2D eigenvalue weighted by molar-refractivity contribution is 5.81. The molecule has 0 saturated heterocycles. The van der Waals surface area contributed by atoms with E-state index in [2.05, 4.69) is 17.4 Å². The lowest BCUT2D eigenvalue weighted by molar-refractivity contribution is -0.141. The zero-order chi connectivity index (χ0) is 14.8. The molecule has 1 amide bonds. The molecule has 0 bridgehead atoms. The highest BCUT2D eigenvalue weighted by atomic mass is 16.4. The van der Waals surface area contributed by atoms with Crippen molar-refractivity contribution in [1.29, 1.82) is 0 Å². The van der Waals surface area contributed by atoms with E-state index in [0.29, 0.717) is 25.2 Å². The summed E-state index contributed by atoms with van der Waals surface area (Å²) in [6.07, 6.45) is 4.10. The summed E-state index contributed by atoms with van der Waals surface area (Å²) < 4.78 is 0. The Kier molecular flexibility index (Phi) is 3.95. The summed E-state index contributed by atoms with van der Waals surface area (Å²) in [6, 6.07) is 10.2. The lowest BCUT2D eigenvalue weighted by atomic mass is 9.99. The van der Waals surface area contributed by atoms with Crippen molar-refractivity contribution in [1.82, 2.24) is 5.32 Å². The van der Waals surface area contributed by atoms with Gasteiger partial charge in [-0.3, -0.25) is 9.59 Å². The van der Waals surface area contributed by atoms with Crippen LogP contribution >= 0.6 is 0 Å². The molecule has 3 unspecified atom stereocenters. The quantitative estimate of drug-likeness (QED) is 0.875. The van der Waals surface area contributed by atoms with E-state index >= 15 is 0 Å². The molecule has 2 saturated carbocycles. The second kappa shape index (κ2) is 5.88. The van der Waals surface area contributed by atoms with E-state index < -0.39 is 5.97 Å². The standard InChI is InChI=1S/C17H21NO3/c19-16(13-8-9-14(10-13)17(20)21)18-15(12-6-7-12)11-4-2-1-3-5-11/h1-5,12-15H,6-10H2,(H,18,19)(H,20,21). The number of carboxylic acid groups (broad SMARTS) is 1. The third-order valence-electron chi connectivity index (χ3n) is 4.70. The lowest BCUT2D eigenvalue weighted by Crippen LogP contribution is -2.34. The van der Waals surface area contributed by atoms with Crippen molar-refractivity contribution in [3.8, 4) is 0 Å². The molecule has 0 spiro atoms. The van der Waals surface area contributed by atoms with Gasteiger partial charge in [0.1, 0.15) is 0 Å². The van der Waals surface area contributed by atoms with Crippen LogP contribution in [-0.2, 0) is 9.59 Å². The van der Waals surface area contributed by atoms with E-state index in [1.54, 1.807) is 0 Å². The van der Waals surface area contributed by atoms with Gasteiger partial charge in [0.05, 0.1) is 12.0 Å². The number of carbonyl (C=O) groups excluding carboxylic acids is 1.